The van der Waals surface area contributed by atoms with Crippen LogP contribution in [0.2, 0.25) is 5.02 Å². The number of amides is 3. The maximum absolute atomic E-state index is 12.6. The van der Waals surface area contributed by atoms with E-state index < -0.39 is 18.0 Å². The number of carbonyl (C=O) groups is 2. The van der Waals surface area contributed by atoms with Gasteiger partial charge >= 0.3 is 6.03 Å². The van der Waals surface area contributed by atoms with E-state index in [-0.39, 0.29) is 6.42 Å². The molecule has 3 amide bonds. The van der Waals surface area contributed by atoms with Crippen LogP contribution in [0.5, 0.6) is 0 Å². The number of terminal acetylenes is 1. The fourth-order valence-corrected chi connectivity index (χ4v) is 3.09. The summed E-state index contributed by atoms with van der Waals surface area (Å²) in [6, 6.07) is 12.6. The molecule has 7 nitrogen and oxygen atoms in total. The van der Waals surface area contributed by atoms with Gasteiger partial charge in [0.25, 0.3) is 0 Å². The Morgan fingerprint density at radius 1 is 1.13 bits per heavy atom. The van der Waals surface area contributed by atoms with Crippen LogP contribution in [0.25, 0.3) is 0 Å². The zero-order chi connectivity index (χ0) is 21.5. The molecule has 2 aromatic rings. The second-order valence-electron chi connectivity index (χ2n) is 6.76. The summed E-state index contributed by atoms with van der Waals surface area (Å²) in [6.45, 7) is 1.67. The fraction of sp³-hybridized carbons (Fsp3) is 0.227. The van der Waals surface area contributed by atoms with Gasteiger partial charge in [-0.25, -0.2) is 4.79 Å². The first-order valence-electron chi connectivity index (χ1n) is 9.39. The second kappa shape index (κ2) is 9.81. The van der Waals surface area contributed by atoms with Gasteiger partial charge in [0.05, 0.1) is 6.54 Å². The molecule has 2 aromatic carbocycles. The highest BCUT2D eigenvalue weighted by Crippen LogP contribution is 2.15. The highest BCUT2D eigenvalue weighted by atomic mass is 35.5. The predicted octanol–water partition coefficient (Wildman–Crippen LogP) is 3.18. The molecule has 1 aliphatic rings. The number of anilines is 2. The Labute approximate surface area is 180 Å². The zero-order valence-electron chi connectivity index (χ0n) is 16.5. The SMILES string of the molecule is C#CCC(NC(=O)Nc1ccc(Cl)cc1)C(=O)Nc1ccc(C2=NCCN2C)cc1. The van der Waals surface area contributed by atoms with Gasteiger partial charge in [0.1, 0.15) is 11.9 Å². The van der Waals surface area contributed by atoms with Crippen molar-refractivity contribution in [3.63, 3.8) is 0 Å². The third kappa shape index (κ3) is 5.52. The Balaban J connectivity index is 1.60. The number of urea groups is 1. The van der Waals surface area contributed by atoms with Gasteiger partial charge in [-0.1, -0.05) is 11.6 Å². The van der Waals surface area contributed by atoms with Crippen LogP contribution in [0.1, 0.15) is 12.0 Å². The second-order valence-corrected chi connectivity index (χ2v) is 7.20. The summed E-state index contributed by atoms with van der Waals surface area (Å²) in [5, 5.41) is 8.59. The van der Waals surface area contributed by atoms with Crippen molar-refractivity contribution < 1.29 is 9.59 Å². The molecule has 0 fully saturated rings. The first-order chi connectivity index (χ1) is 14.5. The van der Waals surface area contributed by atoms with Gasteiger partial charge < -0.3 is 20.9 Å². The quantitative estimate of drug-likeness (QED) is 0.624. The van der Waals surface area contributed by atoms with Gasteiger partial charge in [-0.3, -0.25) is 9.79 Å². The van der Waals surface area contributed by atoms with E-state index >= 15 is 0 Å². The number of nitrogens with zero attached hydrogens (tertiary/aromatic N) is 2. The number of benzene rings is 2. The molecule has 1 unspecified atom stereocenters. The highest BCUT2D eigenvalue weighted by molar-refractivity contribution is 6.30. The maximum Gasteiger partial charge on any atom is 0.319 e. The molecule has 1 aliphatic heterocycles. The summed E-state index contributed by atoms with van der Waals surface area (Å²) in [5.41, 5.74) is 2.13. The summed E-state index contributed by atoms with van der Waals surface area (Å²) in [4.78, 5) is 31.4. The summed E-state index contributed by atoms with van der Waals surface area (Å²) in [5.74, 6) is 2.95. The summed E-state index contributed by atoms with van der Waals surface area (Å²) >= 11 is 5.83. The minimum absolute atomic E-state index is 0.0551. The maximum atomic E-state index is 12.6. The normalized spacial score (nSPS) is 13.8. The van der Waals surface area contributed by atoms with Gasteiger partial charge in [-0.2, -0.15) is 0 Å². The number of halogens is 1. The Hall–Kier alpha value is -3.50. The minimum Gasteiger partial charge on any atom is -0.358 e. The first kappa shape index (κ1) is 21.2. The third-order valence-corrected chi connectivity index (χ3v) is 4.77. The third-order valence-electron chi connectivity index (χ3n) is 4.52. The highest BCUT2D eigenvalue weighted by Gasteiger charge is 2.20. The van der Waals surface area contributed by atoms with E-state index in [2.05, 4.69) is 31.8 Å². The first-order valence-corrected chi connectivity index (χ1v) is 9.77. The molecular weight excluding hydrogens is 402 g/mol. The van der Waals surface area contributed by atoms with Gasteiger partial charge in [-0.05, 0) is 48.5 Å². The molecule has 0 spiro atoms. The molecule has 0 bridgehead atoms. The minimum atomic E-state index is -0.882. The topological polar surface area (TPSA) is 85.8 Å². The number of aliphatic imine (C=N–C) groups is 1. The standard InChI is InChI=1S/C22H22ClN5O2/c1-3-4-19(27-22(30)26-18-11-7-16(23)8-12-18)21(29)25-17-9-5-15(6-10-17)20-24-13-14-28(20)2/h1,5-12,19H,4,13-14H2,2H3,(H,25,29)(H2,26,27,30). The molecule has 0 aliphatic carbocycles. The molecule has 1 atom stereocenters. The van der Waals surface area contributed by atoms with Crippen LogP contribution in [0.15, 0.2) is 53.5 Å². The number of hydrogen-bond donors (Lipinski definition) is 3. The van der Waals surface area contributed by atoms with Crippen LogP contribution in [0.4, 0.5) is 16.2 Å². The van der Waals surface area contributed by atoms with Crippen LogP contribution >= 0.6 is 11.6 Å². The van der Waals surface area contributed by atoms with Crippen molar-refractivity contribution in [3.05, 3.63) is 59.1 Å². The molecule has 3 N–H and O–H groups in total. The van der Waals surface area contributed by atoms with Crippen LogP contribution in [-0.2, 0) is 4.79 Å². The Kier molecular flexibility index (Phi) is 6.94. The van der Waals surface area contributed by atoms with E-state index in [4.69, 9.17) is 18.0 Å². The van der Waals surface area contributed by atoms with Crippen LogP contribution in [0.3, 0.4) is 0 Å². The molecule has 0 aromatic heterocycles. The Morgan fingerprint density at radius 3 is 2.37 bits per heavy atom. The monoisotopic (exact) mass is 423 g/mol. The lowest BCUT2D eigenvalue weighted by Crippen LogP contribution is -2.45. The van der Waals surface area contributed by atoms with E-state index in [9.17, 15) is 9.59 Å². The summed E-state index contributed by atoms with van der Waals surface area (Å²) < 4.78 is 0. The average molecular weight is 424 g/mol. The molecule has 3 rings (SSSR count). The number of carbonyl (C=O) groups excluding carboxylic acids is 2. The van der Waals surface area contributed by atoms with Crippen molar-refractivity contribution in [2.24, 2.45) is 4.99 Å². The average Bonchev–Trinajstić information content (AvgIpc) is 3.16. The zero-order valence-corrected chi connectivity index (χ0v) is 17.2. The van der Waals surface area contributed by atoms with Gasteiger partial charge in [-0.15, -0.1) is 12.3 Å². The number of hydrogen-bond acceptors (Lipinski definition) is 4. The summed E-state index contributed by atoms with van der Waals surface area (Å²) in [7, 11) is 1.99. The van der Waals surface area contributed by atoms with E-state index in [1.54, 1.807) is 36.4 Å². The number of nitrogens with one attached hydrogen (secondary N) is 3. The van der Waals surface area contributed by atoms with E-state index in [1.807, 2.05) is 19.2 Å². The van der Waals surface area contributed by atoms with Crippen molar-refractivity contribution in [1.82, 2.24) is 10.2 Å². The molecule has 30 heavy (non-hydrogen) atoms. The van der Waals surface area contributed by atoms with Crippen molar-refractivity contribution in [1.29, 1.82) is 0 Å². The van der Waals surface area contributed by atoms with Crippen LogP contribution < -0.4 is 16.0 Å². The molecule has 0 saturated carbocycles. The molecule has 154 valence electrons. The Bertz CT molecular complexity index is 980. The van der Waals surface area contributed by atoms with Crippen LogP contribution in [-0.4, -0.2) is 48.9 Å². The lowest BCUT2D eigenvalue weighted by molar-refractivity contribution is -0.117. The number of likely N-dealkylation sites (N-methyl/N-ethyl adjacent to an activating group) is 1. The van der Waals surface area contributed by atoms with E-state index in [1.165, 1.54) is 0 Å². The van der Waals surface area contributed by atoms with Crippen molar-refractivity contribution >= 4 is 40.7 Å². The summed E-state index contributed by atoms with van der Waals surface area (Å²) in [6.07, 6.45) is 5.43. The predicted molar refractivity (Wildman–Crippen MR) is 120 cm³/mol. The molecular formula is C22H22ClN5O2. The number of rotatable bonds is 6. The molecule has 8 heteroatoms. The van der Waals surface area contributed by atoms with Crippen molar-refractivity contribution in [3.8, 4) is 12.3 Å². The van der Waals surface area contributed by atoms with Crippen molar-refractivity contribution in [2.45, 2.75) is 12.5 Å². The molecule has 1 heterocycles. The Morgan fingerprint density at radius 2 is 1.77 bits per heavy atom. The largest absolute Gasteiger partial charge is 0.358 e. The van der Waals surface area contributed by atoms with Gasteiger partial charge in [0.2, 0.25) is 5.91 Å². The fourth-order valence-electron chi connectivity index (χ4n) is 2.96. The molecule has 0 radical (unpaired) electrons. The lowest BCUT2D eigenvalue weighted by atomic mass is 10.1. The van der Waals surface area contributed by atoms with Crippen molar-refractivity contribution in [2.75, 3.05) is 30.8 Å². The van der Waals surface area contributed by atoms with E-state index in [0.717, 1.165) is 24.5 Å². The van der Waals surface area contributed by atoms with Gasteiger partial charge in [0, 0.05) is 42.0 Å². The van der Waals surface area contributed by atoms with Crippen LogP contribution in [0, 0.1) is 12.3 Å². The van der Waals surface area contributed by atoms with E-state index in [0.29, 0.717) is 16.4 Å². The van der Waals surface area contributed by atoms with Gasteiger partial charge in [0.15, 0.2) is 0 Å². The number of amidine groups is 1. The molecule has 0 saturated heterocycles. The smallest absolute Gasteiger partial charge is 0.319 e. The lowest BCUT2D eigenvalue weighted by Gasteiger charge is -2.17.